The second-order valence-electron chi connectivity index (χ2n) is 5.42. The van der Waals surface area contributed by atoms with E-state index in [0.717, 1.165) is 4.90 Å². The Hall–Kier alpha value is -2.54. The number of halogens is 2. The molecule has 0 bridgehead atoms. The minimum absolute atomic E-state index is 0.0507. The standard InChI is InChI=1S/C19H16F2O4S/c1-23-14-8-11(9-15(24-2)18(14)25-19(20)21)7-12-10-26-16-6-4-3-5-13(16)17(12)22/h3-9,19H,10H2,1-2H3/b12-7-. The first kappa shape index (κ1) is 18.3. The topological polar surface area (TPSA) is 44.8 Å². The number of hydrogen-bond donors (Lipinski definition) is 0. The summed E-state index contributed by atoms with van der Waals surface area (Å²) in [5, 5.41) is 0. The third kappa shape index (κ3) is 3.67. The van der Waals surface area contributed by atoms with Crippen LogP contribution in [0.3, 0.4) is 0 Å². The lowest BCUT2D eigenvalue weighted by Crippen LogP contribution is -2.12. The molecule has 0 aliphatic carbocycles. The van der Waals surface area contributed by atoms with E-state index in [1.807, 2.05) is 18.2 Å². The largest absolute Gasteiger partial charge is 0.493 e. The van der Waals surface area contributed by atoms with Crippen LogP contribution in [-0.4, -0.2) is 32.4 Å². The number of carbonyl (C=O) groups is 1. The van der Waals surface area contributed by atoms with Crippen LogP contribution in [0.25, 0.3) is 6.08 Å². The number of Topliss-reactive ketones (excluding diaryl/α,β-unsaturated/α-hetero) is 1. The van der Waals surface area contributed by atoms with Crippen molar-refractivity contribution in [2.24, 2.45) is 0 Å². The predicted molar refractivity (Wildman–Crippen MR) is 95.7 cm³/mol. The maximum atomic E-state index is 12.7. The first-order valence-electron chi connectivity index (χ1n) is 7.71. The molecule has 2 aromatic rings. The summed E-state index contributed by atoms with van der Waals surface area (Å²) in [6.45, 7) is -3.00. The maximum absolute atomic E-state index is 12.7. The summed E-state index contributed by atoms with van der Waals surface area (Å²) in [6.07, 6.45) is 1.71. The normalized spacial score (nSPS) is 15.1. The second kappa shape index (κ2) is 7.78. The summed E-state index contributed by atoms with van der Waals surface area (Å²) in [6, 6.07) is 10.5. The van der Waals surface area contributed by atoms with Crippen LogP contribution in [0.1, 0.15) is 15.9 Å². The summed E-state index contributed by atoms with van der Waals surface area (Å²) in [5.41, 5.74) is 1.87. The third-order valence-electron chi connectivity index (χ3n) is 3.84. The fraction of sp³-hybridized carbons (Fsp3) is 0.211. The van der Waals surface area contributed by atoms with Crippen molar-refractivity contribution in [2.45, 2.75) is 11.5 Å². The molecule has 0 saturated carbocycles. The SMILES string of the molecule is COc1cc(/C=C2/CSc3ccccc3C2=O)cc(OC)c1OC(F)F. The summed E-state index contributed by atoms with van der Waals surface area (Å²) in [5.74, 6) is 0.503. The molecule has 136 valence electrons. The minimum Gasteiger partial charge on any atom is -0.493 e. The van der Waals surface area contributed by atoms with E-state index >= 15 is 0 Å². The number of ketones is 1. The van der Waals surface area contributed by atoms with Crippen molar-refractivity contribution in [2.75, 3.05) is 20.0 Å². The van der Waals surface area contributed by atoms with Gasteiger partial charge in [0.2, 0.25) is 5.75 Å². The number of carbonyl (C=O) groups excluding carboxylic acids is 1. The van der Waals surface area contributed by atoms with E-state index in [0.29, 0.717) is 22.5 Å². The van der Waals surface area contributed by atoms with Gasteiger partial charge in [-0.3, -0.25) is 4.79 Å². The second-order valence-corrected chi connectivity index (χ2v) is 6.43. The number of hydrogen-bond acceptors (Lipinski definition) is 5. The van der Waals surface area contributed by atoms with Crippen molar-refractivity contribution < 1.29 is 27.8 Å². The molecule has 0 saturated heterocycles. The number of fused-ring (bicyclic) bond motifs is 1. The van der Waals surface area contributed by atoms with Gasteiger partial charge in [0.05, 0.1) is 14.2 Å². The van der Waals surface area contributed by atoms with Gasteiger partial charge in [0.25, 0.3) is 0 Å². The molecule has 0 radical (unpaired) electrons. The zero-order valence-electron chi connectivity index (χ0n) is 14.1. The molecule has 1 aliphatic heterocycles. The molecular formula is C19H16F2O4S. The molecular weight excluding hydrogens is 362 g/mol. The highest BCUT2D eigenvalue weighted by Gasteiger charge is 2.23. The smallest absolute Gasteiger partial charge is 0.387 e. The average Bonchev–Trinajstić information content (AvgIpc) is 2.64. The summed E-state index contributed by atoms with van der Waals surface area (Å²) in [4.78, 5) is 13.6. The molecule has 1 heterocycles. The van der Waals surface area contributed by atoms with Gasteiger partial charge in [0, 0.05) is 21.8 Å². The van der Waals surface area contributed by atoms with Crippen LogP contribution in [0.15, 0.2) is 46.9 Å². The van der Waals surface area contributed by atoms with Gasteiger partial charge >= 0.3 is 6.61 Å². The number of thioether (sulfide) groups is 1. The fourth-order valence-corrected chi connectivity index (χ4v) is 3.69. The lowest BCUT2D eigenvalue weighted by molar-refractivity contribution is -0.0526. The van der Waals surface area contributed by atoms with Crippen LogP contribution < -0.4 is 14.2 Å². The van der Waals surface area contributed by atoms with E-state index in [4.69, 9.17) is 9.47 Å². The Balaban J connectivity index is 2.00. The number of alkyl halides is 2. The van der Waals surface area contributed by atoms with Crippen molar-refractivity contribution in [1.82, 2.24) is 0 Å². The summed E-state index contributed by atoms with van der Waals surface area (Å²) in [7, 11) is 2.70. The van der Waals surface area contributed by atoms with E-state index in [1.54, 1.807) is 23.9 Å². The maximum Gasteiger partial charge on any atom is 0.387 e. The van der Waals surface area contributed by atoms with Gasteiger partial charge in [-0.15, -0.1) is 11.8 Å². The van der Waals surface area contributed by atoms with Gasteiger partial charge in [0.1, 0.15) is 0 Å². The van der Waals surface area contributed by atoms with Crippen LogP contribution >= 0.6 is 11.8 Å². The van der Waals surface area contributed by atoms with Gasteiger partial charge in [-0.2, -0.15) is 8.78 Å². The van der Waals surface area contributed by atoms with Crippen LogP contribution in [-0.2, 0) is 0 Å². The van der Waals surface area contributed by atoms with E-state index < -0.39 is 6.61 Å². The highest BCUT2D eigenvalue weighted by atomic mass is 32.2. The Morgan fingerprint density at radius 1 is 1.12 bits per heavy atom. The van der Waals surface area contributed by atoms with E-state index in [-0.39, 0.29) is 23.0 Å². The monoisotopic (exact) mass is 378 g/mol. The highest BCUT2D eigenvalue weighted by molar-refractivity contribution is 7.99. The third-order valence-corrected chi connectivity index (χ3v) is 4.96. The van der Waals surface area contributed by atoms with Crippen LogP contribution in [0.4, 0.5) is 8.78 Å². The molecule has 0 aromatic heterocycles. The minimum atomic E-state index is -3.00. The Morgan fingerprint density at radius 2 is 1.77 bits per heavy atom. The van der Waals surface area contributed by atoms with Crippen LogP contribution in [0.5, 0.6) is 17.2 Å². The molecule has 0 spiro atoms. The van der Waals surface area contributed by atoms with Crippen LogP contribution in [0.2, 0.25) is 0 Å². The van der Waals surface area contributed by atoms with Crippen molar-refractivity contribution in [3.05, 3.63) is 53.1 Å². The predicted octanol–water partition coefficient (Wildman–Crippen LogP) is 4.68. The van der Waals surface area contributed by atoms with Crippen LogP contribution in [0, 0.1) is 0 Å². The van der Waals surface area contributed by atoms with E-state index in [9.17, 15) is 13.6 Å². The van der Waals surface area contributed by atoms with Gasteiger partial charge in [-0.25, -0.2) is 0 Å². The average molecular weight is 378 g/mol. The number of benzene rings is 2. The molecule has 2 aromatic carbocycles. The molecule has 0 atom stereocenters. The molecule has 7 heteroatoms. The first-order chi connectivity index (χ1) is 12.5. The summed E-state index contributed by atoms with van der Waals surface area (Å²) >= 11 is 1.58. The van der Waals surface area contributed by atoms with Gasteiger partial charge in [-0.1, -0.05) is 12.1 Å². The number of ether oxygens (including phenoxy) is 3. The van der Waals surface area contributed by atoms with Gasteiger partial charge < -0.3 is 14.2 Å². The van der Waals surface area contributed by atoms with Crippen molar-refractivity contribution in [1.29, 1.82) is 0 Å². The molecule has 26 heavy (non-hydrogen) atoms. The molecule has 1 aliphatic rings. The lowest BCUT2D eigenvalue weighted by Gasteiger charge is -2.18. The molecule has 4 nitrogen and oxygen atoms in total. The molecule has 0 N–H and O–H groups in total. The Kier molecular flexibility index (Phi) is 5.46. The number of rotatable bonds is 5. The molecule has 0 fully saturated rings. The lowest BCUT2D eigenvalue weighted by atomic mass is 10.0. The van der Waals surface area contributed by atoms with Crippen molar-refractivity contribution in [3.8, 4) is 17.2 Å². The quantitative estimate of drug-likeness (QED) is 0.707. The van der Waals surface area contributed by atoms with E-state index in [1.165, 1.54) is 26.4 Å². The molecule has 0 unspecified atom stereocenters. The Morgan fingerprint density at radius 3 is 2.38 bits per heavy atom. The Labute approximate surface area is 153 Å². The van der Waals surface area contributed by atoms with E-state index in [2.05, 4.69) is 4.74 Å². The zero-order valence-corrected chi connectivity index (χ0v) is 14.9. The summed E-state index contributed by atoms with van der Waals surface area (Å²) < 4.78 is 40.0. The zero-order chi connectivity index (χ0) is 18.7. The molecule has 3 rings (SSSR count). The molecule has 0 amide bonds. The number of methoxy groups -OCH3 is 2. The van der Waals surface area contributed by atoms with Gasteiger partial charge in [0.15, 0.2) is 17.3 Å². The fourth-order valence-electron chi connectivity index (χ4n) is 2.67. The van der Waals surface area contributed by atoms with Crippen molar-refractivity contribution >= 4 is 23.6 Å². The Bertz CT molecular complexity index is 839. The first-order valence-corrected chi connectivity index (χ1v) is 8.70. The highest BCUT2D eigenvalue weighted by Crippen LogP contribution is 2.41. The van der Waals surface area contributed by atoms with Gasteiger partial charge in [-0.05, 0) is 35.9 Å². The van der Waals surface area contributed by atoms with Crippen molar-refractivity contribution in [3.63, 3.8) is 0 Å².